The summed E-state index contributed by atoms with van der Waals surface area (Å²) in [7, 11) is 0. The van der Waals surface area contributed by atoms with Crippen molar-refractivity contribution in [2.45, 2.75) is 6.61 Å². The maximum atomic E-state index is 14.9. The number of aliphatic imine (C=N–C) groups is 1. The molecule has 2 aromatic rings. The van der Waals surface area contributed by atoms with Gasteiger partial charge in [-0.25, -0.2) is 9.18 Å². The van der Waals surface area contributed by atoms with Gasteiger partial charge in [0.05, 0.1) is 5.69 Å². The predicted octanol–water partition coefficient (Wildman–Crippen LogP) is 1.16. The number of anilines is 2. The number of nitrogens with zero attached hydrogens (tertiary/aromatic N) is 3. The number of ether oxygens (including phenoxy) is 1. The van der Waals surface area contributed by atoms with E-state index in [-0.39, 0.29) is 12.2 Å². The SMILES string of the molecule is NC(=O)c1ccc(N2CCN(c3cccc(COC(=O)N=C(N)N)c3F)CC2)cc1. The normalized spacial score (nSPS) is 13.6. The Kier molecular flexibility index (Phi) is 6.35. The highest BCUT2D eigenvalue weighted by atomic mass is 19.1. The molecule has 0 aromatic heterocycles. The van der Waals surface area contributed by atoms with Crippen LogP contribution in [-0.4, -0.2) is 44.1 Å². The smallest absolute Gasteiger partial charge is 0.437 e. The lowest BCUT2D eigenvalue weighted by molar-refractivity contribution is 0.1000. The summed E-state index contributed by atoms with van der Waals surface area (Å²) >= 11 is 0. The van der Waals surface area contributed by atoms with E-state index in [0.29, 0.717) is 37.4 Å². The average Bonchev–Trinajstić information content (AvgIpc) is 2.73. The number of rotatable bonds is 5. The van der Waals surface area contributed by atoms with Gasteiger partial charge in [0.15, 0.2) is 11.8 Å². The summed E-state index contributed by atoms with van der Waals surface area (Å²) in [5.74, 6) is -1.34. The lowest BCUT2D eigenvalue weighted by Crippen LogP contribution is -2.46. The molecule has 0 saturated carbocycles. The van der Waals surface area contributed by atoms with E-state index in [9.17, 15) is 14.0 Å². The number of amides is 2. The summed E-state index contributed by atoms with van der Waals surface area (Å²) in [4.78, 5) is 29.9. The highest BCUT2D eigenvalue weighted by Crippen LogP contribution is 2.26. The van der Waals surface area contributed by atoms with Crippen LogP contribution in [0.4, 0.5) is 20.6 Å². The number of benzene rings is 2. The maximum absolute atomic E-state index is 14.9. The quantitative estimate of drug-likeness (QED) is 0.492. The first-order chi connectivity index (χ1) is 14.3. The molecule has 0 unspecified atom stereocenters. The summed E-state index contributed by atoms with van der Waals surface area (Å²) in [5.41, 5.74) is 17.6. The van der Waals surface area contributed by atoms with Gasteiger partial charge in [-0.05, 0) is 30.3 Å². The Morgan fingerprint density at radius 2 is 1.60 bits per heavy atom. The van der Waals surface area contributed by atoms with Crippen LogP contribution in [0, 0.1) is 5.82 Å². The van der Waals surface area contributed by atoms with E-state index >= 15 is 0 Å². The second-order valence-corrected chi connectivity index (χ2v) is 6.73. The molecule has 158 valence electrons. The average molecular weight is 414 g/mol. The van der Waals surface area contributed by atoms with Crippen LogP contribution in [0.15, 0.2) is 47.5 Å². The fraction of sp³-hybridized carbons (Fsp3) is 0.250. The Bertz CT molecular complexity index is 952. The van der Waals surface area contributed by atoms with Gasteiger partial charge >= 0.3 is 6.09 Å². The maximum Gasteiger partial charge on any atom is 0.437 e. The van der Waals surface area contributed by atoms with Crippen molar-refractivity contribution in [3.63, 3.8) is 0 Å². The molecule has 0 spiro atoms. The molecule has 10 heteroatoms. The topological polar surface area (TPSA) is 140 Å². The third-order valence-corrected chi connectivity index (χ3v) is 4.77. The van der Waals surface area contributed by atoms with Gasteiger partial charge in [0.1, 0.15) is 6.61 Å². The van der Waals surface area contributed by atoms with E-state index in [1.54, 1.807) is 24.3 Å². The number of guanidine groups is 1. The molecular formula is C20H23FN6O3. The molecule has 0 aliphatic carbocycles. The molecule has 2 amide bonds. The number of carbonyl (C=O) groups excluding carboxylic acids is 2. The molecule has 30 heavy (non-hydrogen) atoms. The van der Waals surface area contributed by atoms with Crippen molar-refractivity contribution in [1.82, 2.24) is 0 Å². The van der Waals surface area contributed by atoms with Crippen molar-refractivity contribution >= 4 is 29.3 Å². The van der Waals surface area contributed by atoms with Gasteiger partial charge in [0.25, 0.3) is 0 Å². The Hall–Kier alpha value is -3.82. The second-order valence-electron chi connectivity index (χ2n) is 6.73. The first-order valence-electron chi connectivity index (χ1n) is 9.28. The number of hydrogen-bond donors (Lipinski definition) is 3. The number of primary amides is 1. The summed E-state index contributed by atoms with van der Waals surface area (Å²) in [6.07, 6.45) is -0.976. The highest BCUT2D eigenvalue weighted by molar-refractivity contribution is 5.93. The van der Waals surface area contributed by atoms with Gasteiger partial charge in [-0.2, -0.15) is 0 Å². The van der Waals surface area contributed by atoms with E-state index in [4.69, 9.17) is 21.9 Å². The van der Waals surface area contributed by atoms with Crippen LogP contribution in [0.5, 0.6) is 0 Å². The monoisotopic (exact) mass is 414 g/mol. The number of piperazine rings is 1. The zero-order valence-electron chi connectivity index (χ0n) is 16.3. The van der Waals surface area contributed by atoms with Crippen LogP contribution in [0.3, 0.4) is 0 Å². The molecule has 3 rings (SSSR count). The lowest BCUT2D eigenvalue weighted by Gasteiger charge is -2.37. The van der Waals surface area contributed by atoms with Crippen molar-refractivity contribution in [2.75, 3.05) is 36.0 Å². The third kappa shape index (κ3) is 4.96. The van der Waals surface area contributed by atoms with Crippen molar-refractivity contribution in [1.29, 1.82) is 0 Å². The minimum atomic E-state index is -0.976. The van der Waals surface area contributed by atoms with Gasteiger partial charge < -0.3 is 31.7 Å². The van der Waals surface area contributed by atoms with Crippen molar-refractivity contribution in [3.8, 4) is 0 Å². The Labute approximate surface area is 172 Å². The number of hydrogen-bond acceptors (Lipinski definition) is 5. The van der Waals surface area contributed by atoms with Crippen LogP contribution < -0.4 is 27.0 Å². The second kappa shape index (κ2) is 9.12. The minimum absolute atomic E-state index is 0.233. The summed E-state index contributed by atoms with van der Waals surface area (Å²) in [6.45, 7) is 2.29. The molecule has 2 aromatic carbocycles. The van der Waals surface area contributed by atoms with Crippen molar-refractivity contribution in [3.05, 3.63) is 59.4 Å². The lowest BCUT2D eigenvalue weighted by atomic mass is 10.1. The summed E-state index contributed by atoms with van der Waals surface area (Å²) < 4.78 is 19.8. The minimum Gasteiger partial charge on any atom is -0.443 e. The molecule has 1 fully saturated rings. The molecule has 6 N–H and O–H groups in total. The zero-order chi connectivity index (χ0) is 21.7. The molecule has 1 aliphatic rings. The van der Waals surface area contributed by atoms with E-state index in [1.807, 2.05) is 17.0 Å². The zero-order valence-corrected chi connectivity index (χ0v) is 16.3. The van der Waals surface area contributed by atoms with E-state index in [0.717, 1.165) is 5.69 Å². The highest BCUT2D eigenvalue weighted by Gasteiger charge is 2.21. The number of halogens is 1. The Morgan fingerprint density at radius 3 is 2.20 bits per heavy atom. The van der Waals surface area contributed by atoms with Crippen LogP contribution in [0.25, 0.3) is 0 Å². The molecular weight excluding hydrogens is 391 g/mol. The first-order valence-corrected chi connectivity index (χ1v) is 9.28. The van der Waals surface area contributed by atoms with Gasteiger partial charge in [-0.3, -0.25) is 4.79 Å². The van der Waals surface area contributed by atoms with Gasteiger partial charge in [0, 0.05) is 43.0 Å². The largest absolute Gasteiger partial charge is 0.443 e. The fourth-order valence-corrected chi connectivity index (χ4v) is 3.24. The van der Waals surface area contributed by atoms with Gasteiger partial charge in [0.2, 0.25) is 5.91 Å². The van der Waals surface area contributed by atoms with Crippen LogP contribution in [0.1, 0.15) is 15.9 Å². The van der Waals surface area contributed by atoms with Crippen molar-refractivity contribution < 1.29 is 18.7 Å². The molecule has 9 nitrogen and oxygen atoms in total. The predicted molar refractivity (Wildman–Crippen MR) is 112 cm³/mol. The molecule has 0 radical (unpaired) electrons. The van der Waals surface area contributed by atoms with Crippen LogP contribution in [-0.2, 0) is 11.3 Å². The van der Waals surface area contributed by atoms with E-state index in [1.165, 1.54) is 6.07 Å². The molecule has 0 bridgehead atoms. The Balaban J connectivity index is 1.63. The summed E-state index contributed by atoms with van der Waals surface area (Å²) in [5, 5.41) is 0. The molecule has 1 heterocycles. The molecule has 1 aliphatic heterocycles. The van der Waals surface area contributed by atoms with E-state index in [2.05, 4.69) is 9.89 Å². The summed E-state index contributed by atoms with van der Waals surface area (Å²) in [6, 6.07) is 12.0. The van der Waals surface area contributed by atoms with Crippen LogP contribution in [0.2, 0.25) is 0 Å². The van der Waals surface area contributed by atoms with Gasteiger partial charge in [-0.1, -0.05) is 12.1 Å². The Morgan fingerprint density at radius 1 is 0.967 bits per heavy atom. The van der Waals surface area contributed by atoms with Gasteiger partial charge in [-0.15, -0.1) is 4.99 Å². The van der Waals surface area contributed by atoms with E-state index < -0.39 is 23.8 Å². The fourth-order valence-electron chi connectivity index (χ4n) is 3.24. The van der Waals surface area contributed by atoms with Crippen molar-refractivity contribution in [2.24, 2.45) is 22.2 Å². The number of nitrogens with two attached hydrogens (primary N) is 3. The third-order valence-electron chi connectivity index (χ3n) is 4.77. The van der Waals surface area contributed by atoms with Crippen LogP contribution >= 0.6 is 0 Å². The molecule has 0 atom stereocenters. The first kappa shape index (κ1) is 20.9. The molecule has 1 saturated heterocycles. The number of carbonyl (C=O) groups is 2. The standard InChI is InChI=1S/C20H23FN6O3/c21-17-14(12-30-20(29)25-19(23)24)2-1-3-16(17)27-10-8-26(9-11-27)15-6-4-13(5-7-15)18(22)28/h1-7H,8-12H2,(H2,22,28)(H4,23,24,25,29).